The number of hydrogen-bond donors (Lipinski definition) is 0. The van der Waals surface area contributed by atoms with Crippen molar-refractivity contribution in [2.24, 2.45) is 0 Å². The molecule has 0 fully saturated rings. The number of carbonyl (C=O) groups is 1. The summed E-state index contributed by atoms with van der Waals surface area (Å²) in [5.74, 6) is 0.299. The van der Waals surface area contributed by atoms with E-state index in [1.54, 1.807) is 0 Å². The average Bonchev–Trinajstić information content (AvgIpc) is 2.52. The van der Waals surface area contributed by atoms with Crippen molar-refractivity contribution in [2.75, 3.05) is 13.2 Å². The van der Waals surface area contributed by atoms with Gasteiger partial charge in [-0.25, -0.2) is 0 Å². The molecule has 0 spiro atoms. The van der Waals surface area contributed by atoms with E-state index in [1.807, 2.05) is 0 Å². The van der Waals surface area contributed by atoms with E-state index in [1.165, 1.54) is 19.3 Å². The third-order valence-corrected chi connectivity index (χ3v) is 2.72. The van der Waals surface area contributed by atoms with E-state index in [0.29, 0.717) is 18.8 Å². The van der Waals surface area contributed by atoms with Gasteiger partial charge in [-0.3, -0.25) is 4.79 Å². The molecule has 0 unspecified atom stereocenters. The first-order valence-electron chi connectivity index (χ1n) is 6.14. The Bertz CT molecular complexity index is 219. The fourth-order valence-corrected chi connectivity index (χ4v) is 1.84. The smallest absolute Gasteiger partial charge is 0.160 e. The van der Waals surface area contributed by atoms with Crippen molar-refractivity contribution >= 4 is 5.78 Å². The third-order valence-electron chi connectivity index (χ3n) is 2.72. The van der Waals surface area contributed by atoms with Gasteiger partial charge in [-0.05, 0) is 37.7 Å². The maximum absolute atomic E-state index is 11.8. The highest BCUT2D eigenvalue weighted by atomic mass is 16.5. The fourth-order valence-electron chi connectivity index (χ4n) is 1.84. The van der Waals surface area contributed by atoms with Gasteiger partial charge in [-0.1, -0.05) is 19.4 Å². The first-order chi connectivity index (χ1) is 7.34. The van der Waals surface area contributed by atoms with Gasteiger partial charge in [0.15, 0.2) is 5.78 Å². The number of allylic oxidation sites excluding steroid dienone is 2. The molecule has 0 saturated heterocycles. The van der Waals surface area contributed by atoms with Crippen molar-refractivity contribution in [2.45, 2.75) is 51.9 Å². The molecule has 86 valence electrons. The zero-order valence-corrected chi connectivity index (χ0v) is 9.76. The Hall–Kier alpha value is -0.630. The van der Waals surface area contributed by atoms with Crippen molar-refractivity contribution in [3.05, 3.63) is 11.6 Å². The molecular weight excluding hydrogens is 188 g/mol. The van der Waals surface area contributed by atoms with Gasteiger partial charge in [0, 0.05) is 13.0 Å². The average molecular weight is 210 g/mol. The minimum Gasteiger partial charge on any atom is -0.381 e. The lowest BCUT2D eigenvalue weighted by atomic mass is 10.0. The summed E-state index contributed by atoms with van der Waals surface area (Å²) in [6.45, 7) is 3.44. The Morgan fingerprint density at radius 3 is 3.00 bits per heavy atom. The third kappa shape index (κ3) is 5.12. The zero-order valence-electron chi connectivity index (χ0n) is 9.76. The molecule has 0 N–H and O–H groups in total. The van der Waals surface area contributed by atoms with Gasteiger partial charge in [-0.15, -0.1) is 0 Å². The lowest BCUT2D eigenvalue weighted by molar-refractivity contribution is -0.116. The Morgan fingerprint density at radius 2 is 2.20 bits per heavy atom. The molecule has 0 atom stereocenters. The first-order valence-corrected chi connectivity index (χ1v) is 6.14. The molecule has 2 heteroatoms. The highest BCUT2D eigenvalue weighted by molar-refractivity contribution is 5.95. The van der Waals surface area contributed by atoms with Gasteiger partial charge in [-0.2, -0.15) is 0 Å². The quantitative estimate of drug-likeness (QED) is 0.629. The minimum atomic E-state index is 0.299. The van der Waals surface area contributed by atoms with Crippen LogP contribution in [0, 0.1) is 0 Å². The minimum absolute atomic E-state index is 0.299. The summed E-state index contributed by atoms with van der Waals surface area (Å²) in [6.07, 6.45) is 9.46. The Labute approximate surface area is 92.7 Å². The molecule has 2 nitrogen and oxygen atoms in total. The summed E-state index contributed by atoms with van der Waals surface area (Å²) < 4.78 is 5.33. The molecule has 0 saturated carbocycles. The summed E-state index contributed by atoms with van der Waals surface area (Å²) in [7, 11) is 0. The Kier molecular flexibility index (Phi) is 6.33. The molecule has 1 aliphatic carbocycles. The van der Waals surface area contributed by atoms with Crippen molar-refractivity contribution in [3.8, 4) is 0 Å². The van der Waals surface area contributed by atoms with Crippen molar-refractivity contribution in [3.63, 3.8) is 0 Å². The standard InChI is InChI=1S/C13H22O2/c1-2-10-15-11-9-13(14)12-7-5-3-4-6-8-12/h7H,2-6,8-11H2,1H3. The molecular formula is C13H22O2. The molecule has 0 aliphatic heterocycles. The van der Waals surface area contributed by atoms with Crippen LogP contribution in [0.5, 0.6) is 0 Å². The second-order valence-electron chi connectivity index (χ2n) is 4.11. The van der Waals surface area contributed by atoms with Crippen LogP contribution in [0.25, 0.3) is 0 Å². The Morgan fingerprint density at radius 1 is 1.33 bits per heavy atom. The predicted molar refractivity (Wildman–Crippen MR) is 61.9 cm³/mol. The van der Waals surface area contributed by atoms with Crippen LogP contribution >= 0.6 is 0 Å². The number of ether oxygens (including phenoxy) is 1. The summed E-state index contributed by atoms with van der Waals surface area (Å²) in [5, 5.41) is 0. The fraction of sp³-hybridized carbons (Fsp3) is 0.769. The summed E-state index contributed by atoms with van der Waals surface area (Å²) in [4.78, 5) is 11.8. The number of Topliss-reactive ketones (excluding diaryl/α,β-unsaturated/α-hetero) is 1. The molecule has 1 aliphatic rings. The summed E-state index contributed by atoms with van der Waals surface area (Å²) >= 11 is 0. The largest absolute Gasteiger partial charge is 0.381 e. The highest BCUT2D eigenvalue weighted by Crippen LogP contribution is 2.18. The van der Waals surface area contributed by atoms with Crippen LogP contribution in [0.2, 0.25) is 0 Å². The van der Waals surface area contributed by atoms with Crippen LogP contribution in [0.1, 0.15) is 51.9 Å². The van der Waals surface area contributed by atoms with Gasteiger partial charge >= 0.3 is 0 Å². The van der Waals surface area contributed by atoms with E-state index in [-0.39, 0.29) is 0 Å². The van der Waals surface area contributed by atoms with Gasteiger partial charge in [0.25, 0.3) is 0 Å². The molecule has 0 amide bonds. The molecule has 0 radical (unpaired) electrons. The number of carbonyl (C=O) groups excluding carboxylic acids is 1. The second-order valence-corrected chi connectivity index (χ2v) is 4.11. The number of rotatable bonds is 6. The molecule has 0 aromatic carbocycles. The number of hydrogen-bond acceptors (Lipinski definition) is 2. The van der Waals surface area contributed by atoms with Crippen LogP contribution in [0.3, 0.4) is 0 Å². The van der Waals surface area contributed by atoms with Crippen molar-refractivity contribution in [1.82, 2.24) is 0 Å². The van der Waals surface area contributed by atoms with Crippen LogP contribution < -0.4 is 0 Å². The molecule has 0 aromatic heterocycles. The van der Waals surface area contributed by atoms with Crippen molar-refractivity contribution < 1.29 is 9.53 Å². The topological polar surface area (TPSA) is 26.3 Å². The van der Waals surface area contributed by atoms with Crippen molar-refractivity contribution in [1.29, 1.82) is 0 Å². The number of ketones is 1. The first kappa shape index (κ1) is 12.4. The molecule has 15 heavy (non-hydrogen) atoms. The molecule has 1 rings (SSSR count). The van der Waals surface area contributed by atoms with Crippen LogP contribution in [-0.2, 0) is 9.53 Å². The van der Waals surface area contributed by atoms with Gasteiger partial charge < -0.3 is 4.74 Å². The summed E-state index contributed by atoms with van der Waals surface area (Å²) in [6, 6.07) is 0. The monoisotopic (exact) mass is 210 g/mol. The maximum atomic E-state index is 11.8. The van der Waals surface area contributed by atoms with E-state index >= 15 is 0 Å². The van der Waals surface area contributed by atoms with Crippen LogP contribution in [-0.4, -0.2) is 19.0 Å². The SMILES string of the molecule is CCCOCCC(=O)C1=CCCCCC1. The maximum Gasteiger partial charge on any atom is 0.160 e. The van der Waals surface area contributed by atoms with E-state index < -0.39 is 0 Å². The predicted octanol–water partition coefficient (Wildman–Crippen LogP) is 3.26. The lowest BCUT2D eigenvalue weighted by Gasteiger charge is -2.04. The molecule has 0 aromatic rings. The van der Waals surface area contributed by atoms with E-state index in [2.05, 4.69) is 13.0 Å². The Balaban J connectivity index is 2.22. The normalized spacial score (nSPS) is 17.0. The van der Waals surface area contributed by atoms with Crippen LogP contribution in [0.4, 0.5) is 0 Å². The highest BCUT2D eigenvalue weighted by Gasteiger charge is 2.10. The summed E-state index contributed by atoms with van der Waals surface area (Å²) in [5.41, 5.74) is 1.05. The molecule has 0 bridgehead atoms. The van der Waals surface area contributed by atoms with Gasteiger partial charge in [0.2, 0.25) is 0 Å². The van der Waals surface area contributed by atoms with E-state index in [4.69, 9.17) is 4.74 Å². The van der Waals surface area contributed by atoms with Crippen LogP contribution in [0.15, 0.2) is 11.6 Å². The van der Waals surface area contributed by atoms with Gasteiger partial charge in [0.1, 0.15) is 0 Å². The zero-order chi connectivity index (χ0) is 10.9. The lowest BCUT2D eigenvalue weighted by Crippen LogP contribution is -2.07. The van der Waals surface area contributed by atoms with Gasteiger partial charge in [0.05, 0.1) is 6.61 Å². The molecule has 0 heterocycles. The van der Waals surface area contributed by atoms with E-state index in [9.17, 15) is 4.79 Å². The second kappa shape index (κ2) is 7.63. The van der Waals surface area contributed by atoms with E-state index in [0.717, 1.165) is 31.4 Å².